The van der Waals surface area contributed by atoms with Crippen LogP contribution in [0.15, 0.2) is 46.0 Å². The van der Waals surface area contributed by atoms with Gasteiger partial charge in [-0.3, -0.25) is 0 Å². The Labute approximate surface area is 250 Å². The van der Waals surface area contributed by atoms with Crippen molar-refractivity contribution in [3.05, 3.63) is 68.3 Å². The molecule has 1 aliphatic heterocycles. The first-order valence-corrected chi connectivity index (χ1v) is 29.0. The number of benzene rings is 2. The van der Waals surface area contributed by atoms with Gasteiger partial charge in [-0.15, -0.1) is 0 Å². The molecule has 2 aromatic carbocycles. The van der Waals surface area contributed by atoms with Crippen molar-refractivity contribution in [1.82, 2.24) is 0 Å². The van der Waals surface area contributed by atoms with Crippen LogP contribution in [0, 0.1) is 33.1 Å². The van der Waals surface area contributed by atoms with Crippen molar-refractivity contribution in [3.8, 4) is 0 Å². The molecule has 2 aromatic rings. The van der Waals surface area contributed by atoms with E-state index in [1.54, 1.807) is 9.64 Å². The summed E-state index contributed by atoms with van der Waals surface area (Å²) in [5.74, 6) is 0. The van der Waals surface area contributed by atoms with E-state index in [4.69, 9.17) is 4.12 Å². The number of aryl methyl sites for hydroxylation is 4. The zero-order valence-electron chi connectivity index (χ0n) is 27.7. The molecule has 0 saturated heterocycles. The lowest BCUT2D eigenvalue weighted by molar-refractivity contribution is 0.460. The van der Waals surface area contributed by atoms with Crippen LogP contribution in [0.3, 0.4) is 0 Å². The van der Waals surface area contributed by atoms with Crippen LogP contribution in [0.5, 0.6) is 0 Å². The van der Waals surface area contributed by atoms with E-state index in [2.05, 4.69) is 137 Å². The van der Waals surface area contributed by atoms with Gasteiger partial charge in [-0.2, -0.15) is 0 Å². The largest absolute Gasteiger partial charge is 0.450 e. The Kier molecular flexibility index (Phi) is 9.52. The molecule has 0 amide bonds. The van der Waals surface area contributed by atoms with Gasteiger partial charge in [0.2, 0.25) is 8.32 Å². The fourth-order valence-electron chi connectivity index (χ4n) is 7.50. The SMILES string of the molecule is Cc1ccc([Si]C2=C([Si]c3ccc(C)cc3C)[Si]2(O[Si](C)(C)C)C([Si](C)(C)C)[Si](C)(C)CC(C)(C)C)c(C)c1. The standard InChI is InChI=1S/C32H54OSi6/c1-23-16-18-27(25(3)20-23)34-29-30(35-28-19-17-24(2)21-26(28)4)39(29,33-37(11,12)13)31(36(8,9)10)38(14,15)22-32(5,6)7/h16-21,31H,22H2,1-15H3. The summed E-state index contributed by atoms with van der Waals surface area (Å²) in [6.07, 6.45) is 0. The van der Waals surface area contributed by atoms with Gasteiger partial charge < -0.3 is 4.12 Å². The highest BCUT2D eigenvalue weighted by atomic mass is 28.5. The van der Waals surface area contributed by atoms with E-state index in [1.807, 2.05) is 0 Å². The molecule has 0 N–H and O–H groups in total. The first-order valence-electron chi connectivity index (χ1n) is 14.7. The number of hydrogen-bond acceptors (Lipinski definition) is 1. The Morgan fingerprint density at radius 2 is 1.13 bits per heavy atom. The van der Waals surface area contributed by atoms with Crippen LogP contribution in [0.1, 0.15) is 43.0 Å². The molecule has 1 nitrogen and oxygen atoms in total. The Morgan fingerprint density at radius 3 is 1.44 bits per heavy atom. The zero-order valence-corrected chi connectivity index (χ0v) is 33.7. The fraction of sp³-hybridized carbons (Fsp3) is 0.562. The van der Waals surface area contributed by atoms with Gasteiger partial charge in [0.25, 0.3) is 0 Å². The first kappa shape index (κ1) is 32.9. The molecule has 212 valence electrons. The Balaban J connectivity index is 2.27. The van der Waals surface area contributed by atoms with Gasteiger partial charge >= 0.3 is 0 Å². The molecule has 3 rings (SSSR count). The van der Waals surface area contributed by atoms with Gasteiger partial charge in [-0.25, -0.2) is 0 Å². The third kappa shape index (κ3) is 7.84. The highest BCUT2D eigenvalue weighted by Crippen LogP contribution is 2.58. The van der Waals surface area contributed by atoms with Gasteiger partial charge in [0, 0.05) is 16.1 Å². The van der Waals surface area contributed by atoms with E-state index in [9.17, 15) is 0 Å². The first-order chi connectivity index (χ1) is 17.6. The molecule has 0 spiro atoms. The minimum absolute atomic E-state index is 0.350. The second-order valence-corrected chi connectivity index (χ2v) is 39.7. The molecule has 1 heterocycles. The molecule has 0 bridgehead atoms. The highest BCUT2D eigenvalue weighted by Gasteiger charge is 2.69. The maximum atomic E-state index is 7.81. The molecule has 0 saturated carbocycles. The highest BCUT2D eigenvalue weighted by molar-refractivity contribution is 7.30. The summed E-state index contributed by atoms with van der Waals surface area (Å²) in [6, 6.07) is 15.6. The molecule has 1 aliphatic rings. The van der Waals surface area contributed by atoms with E-state index >= 15 is 0 Å². The van der Waals surface area contributed by atoms with Crippen molar-refractivity contribution < 1.29 is 4.12 Å². The average Bonchev–Trinajstić information content (AvgIpc) is 3.24. The lowest BCUT2D eigenvalue weighted by Gasteiger charge is -2.50. The monoisotopic (exact) mass is 622 g/mol. The minimum Gasteiger partial charge on any atom is -0.450 e. The molecular weight excluding hydrogens is 569 g/mol. The van der Waals surface area contributed by atoms with Gasteiger partial charge in [0.1, 0.15) is 19.0 Å². The topological polar surface area (TPSA) is 9.23 Å². The van der Waals surface area contributed by atoms with E-state index in [0.717, 1.165) is 23.8 Å². The second kappa shape index (κ2) is 11.3. The molecule has 7 heteroatoms. The summed E-state index contributed by atoms with van der Waals surface area (Å²) in [4.78, 5) is 4.40. The van der Waals surface area contributed by atoms with Crippen LogP contribution in [0.25, 0.3) is 0 Å². The van der Waals surface area contributed by atoms with Crippen molar-refractivity contribution in [2.75, 3.05) is 0 Å². The fourth-order valence-corrected chi connectivity index (χ4v) is 49.2. The molecule has 4 radical (unpaired) electrons. The van der Waals surface area contributed by atoms with Crippen molar-refractivity contribution in [3.63, 3.8) is 0 Å². The summed E-state index contributed by atoms with van der Waals surface area (Å²) in [5.41, 5.74) is 5.98. The minimum atomic E-state index is -2.24. The Bertz CT molecular complexity index is 1180. The van der Waals surface area contributed by atoms with Crippen LogP contribution in [-0.4, -0.2) is 51.8 Å². The Morgan fingerprint density at radius 1 is 0.718 bits per heavy atom. The van der Waals surface area contributed by atoms with E-state index in [-0.39, 0.29) is 0 Å². The second-order valence-electron chi connectivity index (χ2n) is 16.1. The van der Waals surface area contributed by atoms with Gasteiger partial charge in [-0.05, 0) is 57.5 Å². The molecule has 1 unspecified atom stereocenters. The summed E-state index contributed by atoms with van der Waals surface area (Å²) in [6.45, 7) is 37.3. The number of hydrogen-bond donors (Lipinski definition) is 0. The molecule has 0 fully saturated rings. The third-order valence-corrected chi connectivity index (χ3v) is 38.0. The van der Waals surface area contributed by atoms with Crippen molar-refractivity contribution in [1.29, 1.82) is 0 Å². The van der Waals surface area contributed by atoms with Gasteiger partial charge in [0.15, 0.2) is 8.32 Å². The summed E-state index contributed by atoms with van der Waals surface area (Å²) < 4.78 is 7.81. The van der Waals surface area contributed by atoms with Crippen LogP contribution in [0.4, 0.5) is 0 Å². The lowest BCUT2D eigenvalue weighted by atomic mass is 10.0. The zero-order chi connectivity index (χ0) is 29.8. The van der Waals surface area contributed by atoms with E-state index < -0.39 is 32.8 Å². The molecule has 0 aromatic heterocycles. The summed E-state index contributed by atoms with van der Waals surface area (Å²) >= 11 is 0. The maximum absolute atomic E-state index is 7.81. The Hall–Kier alpha value is -0.559. The van der Waals surface area contributed by atoms with Gasteiger partial charge in [0.05, 0.1) is 0 Å². The maximum Gasteiger partial charge on any atom is 0.225 e. The quantitative estimate of drug-likeness (QED) is 0.245. The predicted octanol–water partition coefficient (Wildman–Crippen LogP) is 7.92. The number of rotatable bonds is 10. The lowest BCUT2D eigenvalue weighted by Crippen LogP contribution is -2.62. The van der Waals surface area contributed by atoms with Crippen LogP contribution < -0.4 is 10.4 Å². The molecule has 39 heavy (non-hydrogen) atoms. The smallest absolute Gasteiger partial charge is 0.225 e. The molecule has 0 aliphatic carbocycles. The summed E-state index contributed by atoms with van der Waals surface area (Å²) in [5, 5.41) is 3.08. The molecule has 1 atom stereocenters. The van der Waals surface area contributed by atoms with Crippen molar-refractivity contribution in [2.24, 2.45) is 5.41 Å². The predicted molar refractivity (Wildman–Crippen MR) is 189 cm³/mol. The van der Waals surface area contributed by atoms with Crippen molar-refractivity contribution in [2.45, 2.75) is 112 Å². The summed E-state index contributed by atoms with van der Waals surface area (Å²) in [7, 11) is -5.74. The van der Waals surface area contributed by atoms with E-state index in [0.29, 0.717) is 5.41 Å². The van der Waals surface area contributed by atoms with Crippen LogP contribution >= 0.6 is 0 Å². The normalized spacial score (nSPS) is 17.0. The van der Waals surface area contributed by atoms with Crippen LogP contribution in [-0.2, 0) is 4.12 Å². The van der Waals surface area contributed by atoms with Crippen LogP contribution in [0.2, 0.25) is 63.2 Å². The van der Waals surface area contributed by atoms with Gasteiger partial charge in [-0.1, -0.05) is 138 Å². The van der Waals surface area contributed by atoms with Crippen molar-refractivity contribution >= 4 is 62.2 Å². The molecular formula is C32H54OSi6. The average molecular weight is 623 g/mol. The van der Waals surface area contributed by atoms with E-state index in [1.165, 1.54) is 38.7 Å². The third-order valence-electron chi connectivity index (χ3n) is 7.72.